The van der Waals surface area contributed by atoms with Gasteiger partial charge in [0.2, 0.25) is 0 Å². The summed E-state index contributed by atoms with van der Waals surface area (Å²) in [6, 6.07) is 0. The lowest BCUT2D eigenvalue weighted by Crippen LogP contribution is -2.16. The van der Waals surface area contributed by atoms with Gasteiger partial charge >= 0.3 is 0 Å². The molecule has 22 heavy (non-hydrogen) atoms. The normalized spacial score (nSPS) is 9.23. The van der Waals surface area contributed by atoms with Crippen LogP contribution in [0.15, 0.2) is 12.6 Å². The molecule has 0 unspecified atom stereocenters. The van der Waals surface area contributed by atoms with Gasteiger partial charge in [-0.1, -0.05) is 32.0 Å². The molecule has 128 valence electrons. The Balaban J connectivity index is -0.000000288. The average Bonchev–Trinajstić information content (AvgIpc) is 2.52. The monoisotopic (exact) mass is 308 g/mol. The van der Waals surface area contributed by atoms with Crippen LogP contribution in [0.5, 0.6) is 0 Å². The molecule has 0 aliphatic heterocycles. The van der Waals surface area contributed by atoms with E-state index in [1.165, 1.54) is 38.1 Å². The third kappa shape index (κ3) is 42.7. The number of hydrogen-bond donors (Lipinski definition) is 4. The van der Waals surface area contributed by atoms with Crippen molar-refractivity contribution in [1.29, 1.82) is 0 Å². The Hall–Kier alpha value is -0.290. The fourth-order valence-electron chi connectivity index (χ4n) is 1.62. The highest BCUT2D eigenvalue weighted by molar-refractivity contribution is 6.16. The minimum atomic E-state index is 0.739. The van der Waals surface area contributed by atoms with E-state index in [4.69, 9.17) is 25.0 Å². The van der Waals surface area contributed by atoms with Crippen LogP contribution in [0.3, 0.4) is 0 Å². The van der Waals surface area contributed by atoms with Gasteiger partial charge in [0.15, 0.2) is 0 Å². The summed E-state index contributed by atoms with van der Waals surface area (Å²) >= 11 is 0. The molecular formula is C16H38B2N4. The van der Waals surface area contributed by atoms with Gasteiger partial charge in [0.25, 0.3) is 0 Å². The molecule has 0 rings (SSSR count). The van der Waals surface area contributed by atoms with Crippen LogP contribution in [0.25, 0.3) is 0 Å². The van der Waals surface area contributed by atoms with E-state index in [2.05, 4.69) is 19.7 Å². The fourth-order valence-corrected chi connectivity index (χ4v) is 1.62. The maximum Gasteiger partial charge on any atom is 0.102 e. The Kier molecular flexibility index (Phi) is 39.4. The zero-order valence-electron chi connectivity index (χ0n) is 14.6. The molecular weight excluding hydrogens is 270 g/mol. The van der Waals surface area contributed by atoms with Crippen molar-refractivity contribution in [1.82, 2.24) is 5.32 Å². The first-order valence-corrected chi connectivity index (χ1v) is 8.58. The summed E-state index contributed by atoms with van der Waals surface area (Å²) in [5.74, 6) is 1.25. The first-order valence-electron chi connectivity index (χ1n) is 8.58. The summed E-state index contributed by atoms with van der Waals surface area (Å²) in [4.78, 5) is 0. The third-order valence-corrected chi connectivity index (χ3v) is 2.79. The molecule has 0 aromatic rings. The first-order chi connectivity index (χ1) is 10.7. The molecule has 6 heteroatoms. The summed E-state index contributed by atoms with van der Waals surface area (Å²) in [7, 11) is 9.92. The van der Waals surface area contributed by atoms with Crippen molar-refractivity contribution in [2.75, 3.05) is 32.7 Å². The Bertz CT molecular complexity index is 158. The molecule has 0 saturated carbocycles. The Morgan fingerprint density at radius 1 is 0.727 bits per heavy atom. The molecule has 0 heterocycles. The maximum absolute atomic E-state index is 5.36. The summed E-state index contributed by atoms with van der Waals surface area (Å²) in [6.07, 6.45) is 10.5. The van der Waals surface area contributed by atoms with Crippen molar-refractivity contribution >= 4 is 15.7 Å². The van der Waals surface area contributed by atoms with Gasteiger partial charge in [-0.25, -0.2) is 0 Å². The van der Waals surface area contributed by atoms with Crippen LogP contribution in [-0.4, -0.2) is 48.4 Å². The van der Waals surface area contributed by atoms with E-state index in [1.54, 1.807) is 0 Å². The van der Waals surface area contributed by atoms with Crippen LogP contribution in [0.1, 0.15) is 51.4 Å². The molecule has 0 amide bonds. The van der Waals surface area contributed by atoms with E-state index in [1.807, 2.05) is 0 Å². The number of rotatable bonds is 13. The molecule has 0 saturated heterocycles. The highest BCUT2D eigenvalue weighted by atomic mass is 14.8. The first kappa shape index (κ1) is 26.6. The molecule has 0 aliphatic carbocycles. The molecule has 4 radical (unpaired) electrons. The molecule has 0 bridgehead atoms. The van der Waals surface area contributed by atoms with Crippen molar-refractivity contribution in [2.24, 2.45) is 17.2 Å². The Morgan fingerprint density at radius 2 is 1.09 bits per heavy atom. The minimum absolute atomic E-state index is 0.739. The van der Waals surface area contributed by atoms with Crippen LogP contribution in [0, 0.1) is 0 Å². The van der Waals surface area contributed by atoms with Gasteiger partial charge < -0.3 is 22.5 Å². The van der Waals surface area contributed by atoms with Crippen LogP contribution in [0.4, 0.5) is 0 Å². The second-order valence-electron chi connectivity index (χ2n) is 4.97. The smallest absolute Gasteiger partial charge is 0.102 e. The number of nitrogens with one attached hydrogen (secondary N) is 1. The van der Waals surface area contributed by atoms with Crippen molar-refractivity contribution in [3.05, 3.63) is 12.6 Å². The van der Waals surface area contributed by atoms with E-state index < -0.39 is 0 Å². The van der Waals surface area contributed by atoms with Gasteiger partial charge in [-0.2, -0.15) is 0 Å². The van der Waals surface area contributed by atoms with Crippen LogP contribution >= 0.6 is 0 Å². The van der Waals surface area contributed by atoms with Gasteiger partial charge in [-0.3, -0.25) is 0 Å². The lowest BCUT2D eigenvalue weighted by Gasteiger charge is -2.01. The number of nitrogens with two attached hydrogens (primary N) is 3. The maximum atomic E-state index is 5.36. The molecule has 0 spiro atoms. The van der Waals surface area contributed by atoms with E-state index in [0.717, 1.165) is 58.3 Å². The van der Waals surface area contributed by atoms with Gasteiger partial charge in [0.05, 0.1) is 7.85 Å². The second kappa shape index (κ2) is 32.6. The van der Waals surface area contributed by atoms with Gasteiger partial charge in [0, 0.05) is 0 Å². The molecule has 0 aromatic carbocycles. The fraction of sp³-hybridized carbons (Fsp3) is 0.875. The SMILES string of the molecule is NCCCCCCN.[B]C=C.[B]CCNCCCCCCN. The number of unbranched alkanes of at least 4 members (excludes halogenated alkanes) is 6. The Morgan fingerprint density at radius 3 is 1.41 bits per heavy atom. The lowest BCUT2D eigenvalue weighted by atomic mass is 10.1. The molecule has 0 atom stereocenters. The van der Waals surface area contributed by atoms with Gasteiger partial charge in [-0.05, 0) is 58.4 Å². The van der Waals surface area contributed by atoms with Crippen molar-refractivity contribution in [3.63, 3.8) is 0 Å². The highest BCUT2D eigenvalue weighted by Gasteiger charge is 1.87. The summed E-state index contributed by atoms with van der Waals surface area (Å²) in [5.41, 5.74) is 15.9. The molecule has 7 N–H and O–H groups in total. The van der Waals surface area contributed by atoms with E-state index in [9.17, 15) is 0 Å². The summed E-state index contributed by atoms with van der Waals surface area (Å²) in [5, 5.41) is 3.26. The predicted octanol–water partition coefficient (Wildman–Crippen LogP) is 1.44. The summed E-state index contributed by atoms with van der Waals surface area (Å²) < 4.78 is 0. The van der Waals surface area contributed by atoms with Gasteiger partial charge in [0.1, 0.15) is 7.85 Å². The zero-order chi connectivity index (χ0) is 17.3. The molecule has 0 aromatic heterocycles. The number of hydrogen-bond acceptors (Lipinski definition) is 4. The zero-order valence-corrected chi connectivity index (χ0v) is 14.6. The quantitative estimate of drug-likeness (QED) is 0.306. The van der Waals surface area contributed by atoms with Crippen molar-refractivity contribution in [3.8, 4) is 0 Å². The average molecular weight is 308 g/mol. The van der Waals surface area contributed by atoms with E-state index >= 15 is 0 Å². The second-order valence-corrected chi connectivity index (χ2v) is 4.97. The highest BCUT2D eigenvalue weighted by Crippen LogP contribution is 1.96. The van der Waals surface area contributed by atoms with Crippen molar-refractivity contribution < 1.29 is 0 Å². The minimum Gasteiger partial charge on any atom is -0.330 e. The topological polar surface area (TPSA) is 90.1 Å². The van der Waals surface area contributed by atoms with E-state index in [0.29, 0.717) is 0 Å². The predicted molar refractivity (Wildman–Crippen MR) is 103 cm³/mol. The Labute approximate surface area is 141 Å². The summed E-state index contributed by atoms with van der Waals surface area (Å²) in [6.45, 7) is 7.66. The van der Waals surface area contributed by atoms with E-state index in [-0.39, 0.29) is 0 Å². The van der Waals surface area contributed by atoms with Crippen LogP contribution in [0.2, 0.25) is 6.32 Å². The van der Waals surface area contributed by atoms with Crippen LogP contribution < -0.4 is 22.5 Å². The molecule has 4 nitrogen and oxygen atoms in total. The molecule has 0 aliphatic rings. The van der Waals surface area contributed by atoms with Crippen molar-refractivity contribution in [2.45, 2.75) is 57.7 Å². The largest absolute Gasteiger partial charge is 0.330 e. The third-order valence-electron chi connectivity index (χ3n) is 2.79. The lowest BCUT2D eigenvalue weighted by molar-refractivity contribution is 0.601. The van der Waals surface area contributed by atoms with Crippen LogP contribution in [-0.2, 0) is 0 Å². The molecule has 0 fully saturated rings. The van der Waals surface area contributed by atoms with Gasteiger partial charge in [-0.15, -0.1) is 12.6 Å². The standard InChI is InChI=1S/C8H19BN2.C6H16N2.C2H3B/c9-5-8-11-7-4-2-1-3-6-10;7-5-3-1-2-4-6-8;1-2-3/h11H,1-8,10H2;1-8H2;2H,1H2.